The van der Waals surface area contributed by atoms with Gasteiger partial charge in [-0.15, -0.1) is 17.9 Å². The Morgan fingerprint density at radius 1 is 1.29 bits per heavy atom. The van der Waals surface area contributed by atoms with Crippen molar-refractivity contribution in [1.82, 2.24) is 4.68 Å². The molecule has 0 saturated carbocycles. The SMILES string of the molecule is C=CCN=c1scc(-c2ccco2)n1N=Cc1ccc(N(CC)CC)cc1O. The van der Waals surface area contributed by atoms with Crippen LogP contribution in [0.15, 0.2) is 69.1 Å². The number of nitrogens with zero attached hydrogens (tertiary/aromatic N) is 4. The summed E-state index contributed by atoms with van der Waals surface area (Å²) in [5.41, 5.74) is 2.42. The minimum absolute atomic E-state index is 0.188. The van der Waals surface area contributed by atoms with Crippen LogP contribution in [0.4, 0.5) is 5.69 Å². The second-order valence-electron chi connectivity index (χ2n) is 5.98. The quantitative estimate of drug-likeness (QED) is 0.455. The second-order valence-corrected chi connectivity index (χ2v) is 6.82. The van der Waals surface area contributed by atoms with Gasteiger partial charge in [-0.05, 0) is 38.1 Å². The molecule has 146 valence electrons. The number of aromatic nitrogens is 1. The fraction of sp³-hybridized carbons (Fsp3) is 0.238. The number of phenols is 1. The zero-order chi connectivity index (χ0) is 19.9. The first-order valence-electron chi connectivity index (χ1n) is 9.16. The highest BCUT2D eigenvalue weighted by Gasteiger charge is 2.10. The molecule has 0 atom stereocenters. The van der Waals surface area contributed by atoms with Crippen LogP contribution in [0, 0.1) is 0 Å². The summed E-state index contributed by atoms with van der Waals surface area (Å²) in [7, 11) is 0. The maximum atomic E-state index is 10.4. The molecule has 0 unspecified atom stereocenters. The van der Waals surface area contributed by atoms with Gasteiger partial charge in [0.2, 0.25) is 4.80 Å². The molecular weight excluding hydrogens is 372 g/mol. The Bertz CT molecular complexity index is 1010. The van der Waals surface area contributed by atoms with Crippen LogP contribution in [0.2, 0.25) is 0 Å². The highest BCUT2D eigenvalue weighted by molar-refractivity contribution is 7.07. The Balaban J connectivity index is 1.98. The van der Waals surface area contributed by atoms with Gasteiger partial charge >= 0.3 is 0 Å². The molecule has 3 aromatic rings. The van der Waals surface area contributed by atoms with Gasteiger partial charge in [0.05, 0.1) is 19.0 Å². The maximum absolute atomic E-state index is 10.4. The molecule has 0 aliphatic rings. The number of rotatable bonds is 8. The molecule has 6 nitrogen and oxygen atoms in total. The standard InChI is InChI=1S/C21H24N4O2S/c1-4-11-22-21-25(18(15-28-21)20-8-7-12-27-20)23-14-16-9-10-17(13-19(16)26)24(5-2)6-3/h4,7-10,12-15,26H,1,5-6,11H2,2-3H3. The van der Waals surface area contributed by atoms with Crippen LogP contribution in [0.5, 0.6) is 5.75 Å². The third-order valence-electron chi connectivity index (χ3n) is 4.27. The largest absolute Gasteiger partial charge is 0.507 e. The molecule has 0 aliphatic carbocycles. The van der Waals surface area contributed by atoms with E-state index in [1.54, 1.807) is 29.3 Å². The lowest BCUT2D eigenvalue weighted by atomic mass is 10.2. The van der Waals surface area contributed by atoms with E-state index in [9.17, 15) is 5.11 Å². The average Bonchev–Trinajstić information content (AvgIpc) is 3.36. The monoisotopic (exact) mass is 396 g/mol. The molecule has 0 amide bonds. The number of hydrogen-bond acceptors (Lipinski definition) is 6. The number of hydrogen-bond donors (Lipinski definition) is 1. The first-order valence-corrected chi connectivity index (χ1v) is 10.0. The molecule has 0 fully saturated rings. The van der Waals surface area contributed by atoms with Gasteiger partial charge in [0, 0.05) is 35.8 Å². The van der Waals surface area contributed by atoms with Crippen LogP contribution in [0.3, 0.4) is 0 Å². The molecule has 7 heteroatoms. The number of aromatic hydroxyl groups is 1. The summed E-state index contributed by atoms with van der Waals surface area (Å²) in [6, 6.07) is 9.33. The molecule has 1 aromatic carbocycles. The number of thiazole rings is 1. The molecule has 0 aliphatic heterocycles. The highest BCUT2D eigenvalue weighted by atomic mass is 32.1. The van der Waals surface area contributed by atoms with Crippen LogP contribution in [-0.2, 0) is 0 Å². The van der Waals surface area contributed by atoms with Crippen LogP contribution < -0.4 is 9.70 Å². The number of anilines is 1. The summed E-state index contributed by atoms with van der Waals surface area (Å²) in [5, 5.41) is 17.0. The van der Waals surface area contributed by atoms with Crippen LogP contribution in [-0.4, -0.2) is 35.6 Å². The summed E-state index contributed by atoms with van der Waals surface area (Å²) in [4.78, 5) is 7.39. The van der Waals surface area contributed by atoms with Crippen molar-refractivity contribution in [1.29, 1.82) is 0 Å². The minimum Gasteiger partial charge on any atom is -0.507 e. The maximum Gasteiger partial charge on any atom is 0.206 e. The Labute approximate surface area is 168 Å². The lowest BCUT2D eigenvalue weighted by Crippen LogP contribution is -2.21. The zero-order valence-electron chi connectivity index (χ0n) is 16.1. The molecule has 1 N–H and O–H groups in total. The molecule has 0 radical (unpaired) electrons. The predicted molar refractivity (Wildman–Crippen MR) is 115 cm³/mol. The second kappa shape index (κ2) is 9.23. The third-order valence-corrected chi connectivity index (χ3v) is 5.12. The van der Waals surface area contributed by atoms with Gasteiger partial charge in [-0.25, -0.2) is 4.68 Å². The van der Waals surface area contributed by atoms with Crippen molar-refractivity contribution in [3.8, 4) is 17.2 Å². The van der Waals surface area contributed by atoms with E-state index in [0.29, 0.717) is 17.9 Å². The van der Waals surface area contributed by atoms with Gasteiger partial charge < -0.3 is 14.4 Å². The van der Waals surface area contributed by atoms with Gasteiger partial charge in [0.15, 0.2) is 5.76 Å². The summed E-state index contributed by atoms with van der Waals surface area (Å²) >= 11 is 1.47. The van der Waals surface area contributed by atoms with Gasteiger partial charge in [-0.1, -0.05) is 6.08 Å². The van der Waals surface area contributed by atoms with Gasteiger partial charge in [0.25, 0.3) is 0 Å². The van der Waals surface area contributed by atoms with Crippen LogP contribution >= 0.6 is 11.3 Å². The lowest BCUT2D eigenvalue weighted by molar-refractivity contribution is 0.474. The zero-order valence-corrected chi connectivity index (χ0v) is 16.9. The topological polar surface area (TPSA) is 66.3 Å². The molecule has 0 spiro atoms. The third kappa shape index (κ3) is 4.26. The van der Waals surface area contributed by atoms with Crippen molar-refractivity contribution >= 4 is 23.2 Å². The fourth-order valence-electron chi connectivity index (χ4n) is 2.80. The first-order chi connectivity index (χ1) is 13.7. The van der Waals surface area contributed by atoms with E-state index in [1.165, 1.54) is 11.3 Å². The van der Waals surface area contributed by atoms with Crippen LogP contribution in [0.1, 0.15) is 19.4 Å². The smallest absolute Gasteiger partial charge is 0.206 e. The van der Waals surface area contributed by atoms with Crippen molar-refractivity contribution in [3.63, 3.8) is 0 Å². The summed E-state index contributed by atoms with van der Waals surface area (Å²) < 4.78 is 7.23. The average molecular weight is 397 g/mol. The van der Waals surface area contributed by atoms with Crippen molar-refractivity contribution in [2.45, 2.75) is 13.8 Å². The normalized spacial score (nSPS) is 12.0. The summed E-state index contributed by atoms with van der Waals surface area (Å²) in [6.45, 7) is 10.2. The van der Waals surface area contributed by atoms with Gasteiger partial charge in [-0.2, -0.15) is 5.10 Å². The predicted octanol–water partition coefficient (Wildman–Crippen LogP) is 4.33. The lowest BCUT2D eigenvalue weighted by Gasteiger charge is -2.21. The van der Waals surface area contributed by atoms with E-state index in [2.05, 4.69) is 35.4 Å². The number of benzene rings is 1. The number of furan rings is 1. The molecular formula is C21H24N4O2S. The van der Waals surface area contributed by atoms with Gasteiger partial charge in [0.1, 0.15) is 11.4 Å². The van der Waals surface area contributed by atoms with E-state index < -0.39 is 0 Å². The summed E-state index contributed by atoms with van der Waals surface area (Å²) in [5.74, 6) is 0.891. The Morgan fingerprint density at radius 3 is 2.75 bits per heavy atom. The molecule has 0 saturated heterocycles. The Kier molecular flexibility index (Phi) is 6.49. The van der Waals surface area contributed by atoms with E-state index in [1.807, 2.05) is 29.6 Å². The van der Waals surface area contributed by atoms with E-state index in [0.717, 1.165) is 29.3 Å². The van der Waals surface area contributed by atoms with E-state index >= 15 is 0 Å². The van der Waals surface area contributed by atoms with Crippen molar-refractivity contribution in [3.05, 3.63) is 65.0 Å². The molecule has 3 rings (SSSR count). The fourth-order valence-corrected chi connectivity index (χ4v) is 3.63. The van der Waals surface area contributed by atoms with Crippen LogP contribution in [0.25, 0.3) is 11.5 Å². The van der Waals surface area contributed by atoms with E-state index in [4.69, 9.17) is 4.42 Å². The van der Waals surface area contributed by atoms with Crippen molar-refractivity contribution < 1.29 is 9.52 Å². The molecule has 0 bridgehead atoms. The van der Waals surface area contributed by atoms with Gasteiger partial charge in [-0.3, -0.25) is 4.99 Å². The Morgan fingerprint density at radius 2 is 2.11 bits per heavy atom. The molecule has 2 aromatic heterocycles. The highest BCUT2D eigenvalue weighted by Crippen LogP contribution is 2.24. The minimum atomic E-state index is 0.188. The van der Waals surface area contributed by atoms with Crippen molar-refractivity contribution in [2.24, 2.45) is 10.1 Å². The number of phenolic OH excluding ortho intramolecular Hbond substituents is 1. The molecule has 28 heavy (non-hydrogen) atoms. The van der Waals surface area contributed by atoms with E-state index in [-0.39, 0.29) is 5.75 Å². The summed E-state index contributed by atoms with van der Waals surface area (Å²) in [6.07, 6.45) is 4.99. The van der Waals surface area contributed by atoms with Crippen molar-refractivity contribution in [2.75, 3.05) is 24.5 Å². The molecule has 2 heterocycles. The first kappa shape index (κ1) is 19.7. The Hall–Kier alpha value is -3.06.